The van der Waals surface area contributed by atoms with Crippen LogP contribution in [0.25, 0.3) is 0 Å². The monoisotopic (exact) mass is 283 g/mol. The molecule has 20 heavy (non-hydrogen) atoms. The summed E-state index contributed by atoms with van der Waals surface area (Å²) in [5.74, 6) is 0.595. The largest absolute Gasteiger partial charge is 0.370 e. The van der Waals surface area contributed by atoms with Crippen LogP contribution < -0.4 is 5.73 Å². The number of carbonyl (C=O) groups excluding carboxylic acids is 1. The lowest BCUT2D eigenvalue weighted by atomic mass is 9.90. The Labute approximate surface area is 126 Å². The van der Waals surface area contributed by atoms with Gasteiger partial charge in [-0.1, -0.05) is 90.9 Å². The van der Waals surface area contributed by atoms with Crippen LogP contribution in [0.5, 0.6) is 0 Å². The van der Waals surface area contributed by atoms with Crippen LogP contribution >= 0.6 is 0 Å². The number of nitrogens with two attached hydrogens (primary N) is 1. The summed E-state index contributed by atoms with van der Waals surface area (Å²) in [7, 11) is 0. The minimum absolute atomic E-state index is 0.132. The molecule has 0 unspecified atom stereocenters. The van der Waals surface area contributed by atoms with E-state index in [0.29, 0.717) is 6.42 Å². The van der Waals surface area contributed by atoms with Gasteiger partial charge in [0.05, 0.1) is 0 Å². The second kappa shape index (κ2) is 14.9. The molecule has 0 spiro atoms. The molecule has 0 aliphatic rings. The van der Waals surface area contributed by atoms with Crippen LogP contribution in [0.4, 0.5) is 0 Å². The fraction of sp³-hybridized carbons (Fsp3) is 0.944. The molecule has 0 bridgehead atoms. The van der Waals surface area contributed by atoms with Gasteiger partial charge in [0.25, 0.3) is 0 Å². The van der Waals surface area contributed by atoms with Gasteiger partial charge in [0.15, 0.2) is 0 Å². The first kappa shape index (κ1) is 19.5. The lowest BCUT2D eigenvalue weighted by Crippen LogP contribution is -2.13. The molecule has 0 rings (SSSR count). The number of carbonyl (C=O) groups is 1. The number of rotatable bonds is 15. The summed E-state index contributed by atoms with van der Waals surface area (Å²) in [5.41, 5.74) is 5.29. The predicted molar refractivity (Wildman–Crippen MR) is 88.7 cm³/mol. The minimum atomic E-state index is -0.132. The van der Waals surface area contributed by atoms with Gasteiger partial charge in [0.2, 0.25) is 5.91 Å². The Hall–Kier alpha value is -0.530. The third kappa shape index (κ3) is 13.9. The van der Waals surface area contributed by atoms with E-state index in [1.54, 1.807) is 0 Å². The van der Waals surface area contributed by atoms with E-state index in [0.717, 1.165) is 12.3 Å². The minimum Gasteiger partial charge on any atom is -0.370 e. The van der Waals surface area contributed by atoms with E-state index in [4.69, 9.17) is 5.73 Å². The van der Waals surface area contributed by atoms with Crippen LogP contribution in [0.1, 0.15) is 104 Å². The molecule has 2 N–H and O–H groups in total. The highest BCUT2D eigenvalue weighted by atomic mass is 16.1. The average molecular weight is 283 g/mol. The zero-order chi connectivity index (χ0) is 15.1. The summed E-state index contributed by atoms with van der Waals surface area (Å²) in [6.45, 7) is 4.51. The standard InChI is InChI=1S/C18H37NO/c1-3-5-7-9-11-13-17(15-16-18(19)20)14-12-10-8-6-4-2/h17H,3-16H2,1-2H3,(H2,19,20). The molecule has 2 nitrogen and oxygen atoms in total. The zero-order valence-corrected chi connectivity index (χ0v) is 14.0. The van der Waals surface area contributed by atoms with Crippen LogP contribution in [0.2, 0.25) is 0 Å². The number of unbranched alkanes of at least 4 members (excludes halogenated alkanes) is 8. The first-order valence-corrected chi connectivity index (χ1v) is 8.99. The zero-order valence-electron chi connectivity index (χ0n) is 14.0. The van der Waals surface area contributed by atoms with Crippen LogP contribution in [0, 0.1) is 5.92 Å². The van der Waals surface area contributed by atoms with Crippen molar-refractivity contribution in [3.8, 4) is 0 Å². The Morgan fingerprint density at radius 1 is 0.750 bits per heavy atom. The Kier molecular flexibility index (Phi) is 14.5. The van der Waals surface area contributed by atoms with Gasteiger partial charge in [0, 0.05) is 6.42 Å². The first-order valence-electron chi connectivity index (χ1n) is 8.99. The van der Waals surface area contributed by atoms with E-state index in [9.17, 15) is 4.79 Å². The SMILES string of the molecule is CCCCCCCC(CCCCCCC)CCC(N)=O. The van der Waals surface area contributed by atoms with Crippen LogP contribution in [-0.4, -0.2) is 5.91 Å². The highest BCUT2D eigenvalue weighted by Gasteiger charge is 2.10. The van der Waals surface area contributed by atoms with Crippen molar-refractivity contribution in [2.75, 3.05) is 0 Å². The Bertz CT molecular complexity index is 201. The Balaban J connectivity index is 3.73. The molecule has 0 aromatic heterocycles. The molecule has 2 heteroatoms. The van der Waals surface area contributed by atoms with Gasteiger partial charge >= 0.3 is 0 Å². The van der Waals surface area contributed by atoms with Crippen molar-refractivity contribution in [3.63, 3.8) is 0 Å². The molecule has 120 valence electrons. The van der Waals surface area contributed by atoms with Crippen molar-refractivity contribution >= 4 is 5.91 Å². The van der Waals surface area contributed by atoms with Crippen LogP contribution in [0.15, 0.2) is 0 Å². The topological polar surface area (TPSA) is 43.1 Å². The molecule has 0 radical (unpaired) electrons. The third-order valence-electron chi connectivity index (χ3n) is 4.23. The predicted octanol–water partition coefficient (Wildman–Crippen LogP) is 5.59. The van der Waals surface area contributed by atoms with Crippen molar-refractivity contribution in [1.82, 2.24) is 0 Å². The molecule has 0 aliphatic carbocycles. The van der Waals surface area contributed by atoms with Gasteiger partial charge in [-0.05, 0) is 12.3 Å². The van der Waals surface area contributed by atoms with Gasteiger partial charge < -0.3 is 5.73 Å². The average Bonchev–Trinajstić information content (AvgIpc) is 2.43. The summed E-state index contributed by atoms with van der Waals surface area (Å²) in [6, 6.07) is 0. The lowest BCUT2D eigenvalue weighted by molar-refractivity contribution is -0.118. The molecule has 0 saturated heterocycles. The molecule has 0 aliphatic heterocycles. The summed E-state index contributed by atoms with van der Waals surface area (Å²) in [5, 5.41) is 0. The lowest BCUT2D eigenvalue weighted by Gasteiger charge is -2.16. The van der Waals surface area contributed by atoms with Crippen molar-refractivity contribution in [3.05, 3.63) is 0 Å². The van der Waals surface area contributed by atoms with Gasteiger partial charge in [-0.15, -0.1) is 0 Å². The highest BCUT2D eigenvalue weighted by Crippen LogP contribution is 2.23. The maximum atomic E-state index is 11.0. The van der Waals surface area contributed by atoms with E-state index >= 15 is 0 Å². The molecule has 0 heterocycles. The number of hydrogen-bond donors (Lipinski definition) is 1. The quantitative estimate of drug-likeness (QED) is 0.391. The molecule has 0 atom stereocenters. The van der Waals surface area contributed by atoms with Gasteiger partial charge in [-0.25, -0.2) is 0 Å². The first-order chi connectivity index (χ1) is 9.70. The molecule has 0 saturated carbocycles. The maximum Gasteiger partial charge on any atom is 0.217 e. The van der Waals surface area contributed by atoms with Crippen molar-refractivity contribution < 1.29 is 4.79 Å². The van der Waals surface area contributed by atoms with E-state index in [1.165, 1.54) is 77.0 Å². The second-order valence-electron chi connectivity index (χ2n) is 6.28. The van der Waals surface area contributed by atoms with Gasteiger partial charge in [-0.2, -0.15) is 0 Å². The Morgan fingerprint density at radius 2 is 1.20 bits per heavy atom. The van der Waals surface area contributed by atoms with E-state index in [1.807, 2.05) is 0 Å². The molecule has 1 amide bonds. The van der Waals surface area contributed by atoms with E-state index in [-0.39, 0.29) is 5.91 Å². The van der Waals surface area contributed by atoms with Crippen LogP contribution in [-0.2, 0) is 4.79 Å². The van der Waals surface area contributed by atoms with Crippen molar-refractivity contribution in [1.29, 1.82) is 0 Å². The summed E-state index contributed by atoms with van der Waals surface area (Å²) in [6.07, 6.45) is 17.6. The maximum absolute atomic E-state index is 11.0. The second-order valence-corrected chi connectivity index (χ2v) is 6.28. The van der Waals surface area contributed by atoms with Gasteiger partial charge in [0.1, 0.15) is 0 Å². The highest BCUT2D eigenvalue weighted by molar-refractivity contribution is 5.73. The fourth-order valence-electron chi connectivity index (χ4n) is 2.85. The van der Waals surface area contributed by atoms with Crippen molar-refractivity contribution in [2.24, 2.45) is 11.7 Å². The number of primary amides is 1. The smallest absolute Gasteiger partial charge is 0.217 e. The normalized spacial score (nSPS) is 11.2. The Morgan fingerprint density at radius 3 is 1.60 bits per heavy atom. The summed E-state index contributed by atoms with van der Waals surface area (Å²) >= 11 is 0. The molecular weight excluding hydrogens is 246 g/mol. The van der Waals surface area contributed by atoms with E-state index < -0.39 is 0 Å². The third-order valence-corrected chi connectivity index (χ3v) is 4.23. The molecule has 0 aromatic rings. The molecular formula is C18H37NO. The van der Waals surface area contributed by atoms with E-state index in [2.05, 4.69) is 13.8 Å². The summed E-state index contributed by atoms with van der Waals surface area (Å²) in [4.78, 5) is 11.0. The van der Waals surface area contributed by atoms with Crippen LogP contribution in [0.3, 0.4) is 0 Å². The van der Waals surface area contributed by atoms with Gasteiger partial charge in [-0.3, -0.25) is 4.79 Å². The molecule has 0 fully saturated rings. The summed E-state index contributed by atoms with van der Waals surface area (Å²) < 4.78 is 0. The number of hydrogen-bond acceptors (Lipinski definition) is 1. The number of amides is 1. The van der Waals surface area contributed by atoms with Crippen molar-refractivity contribution in [2.45, 2.75) is 104 Å². The molecule has 0 aromatic carbocycles. The fourth-order valence-corrected chi connectivity index (χ4v) is 2.85.